The maximum Gasteiger partial charge on any atom is 0.410 e. The van der Waals surface area contributed by atoms with E-state index in [4.69, 9.17) is 9.84 Å². The summed E-state index contributed by atoms with van der Waals surface area (Å²) in [6.45, 7) is 3.61. The van der Waals surface area contributed by atoms with Crippen LogP contribution in [0.3, 0.4) is 0 Å². The zero-order valence-corrected chi connectivity index (χ0v) is 10.5. The minimum Gasteiger partial charge on any atom is -0.515 e. The number of alkyl halides is 2. The Morgan fingerprint density at radius 1 is 1.56 bits per heavy atom. The Bertz CT molecular complexity index is 363. The van der Waals surface area contributed by atoms with Crippen LogP contribution in [0.4, 0.5) is 13.6 Å². The van der Waals surface area contributed by atoms with Crippen molar-refractivity contribution in [3.8, 4) is 0 Å². The minimum atomic E-state index is -3.51. The summed E-state index contributed by atoms with van der Waals surface area (Å²) in [6.07, 6.45) is -2.59. The van der Waals surface area contributed by atoms with Gasteiger partial charge in [-0.1, -0.05) is 0 Å². The van der Waals surface area contributed by atoms with Gasteiger partial charge in [-0.2, -0.15) is 0 Å². The van der Waals surface area contributed by atoms with Crippen LogP contribution in [-0.2, 0) is 4.74 Å². The van der Waals surface area contributed by atoms with Crippen molar-refractivity contribution >= 4 is 6.09 Å². The number of ether oxygens (including phenoxy) is 1. The average molecular weight is 265 g/mol. The average Bonchev–Trinajstić information content (AvgIpc) is 2.19. The first-order valence-electron chi connectivity index (χ1n) is 5.44. The maximum absolute atomic E-state index is 13.4. The predicted octanol–water partition coefficient (Wildman–Crippen LogP) is 1.68. The fraction of sp³-hybridized carbons (Fsp3) is 0.727. The van der Waals surface area contributed by atoms with Crippen molar-refractivity contribution in [2.24, 2.45) is 0 Å². The predicted molar refractivity (Wildman–Crippen MR) is 59.5 cm³/mol. The van der Waals surface area contributed by atoms with Gasteiger partial charge < -0.3 is 14.9 Å². The van der Waals surface area contributed by atoms with E-state index in [0.717, 1.165) is 4.90 Å². The zero-order valence-electron chi connectivity index (χ0n) is 10.5. The highest BCUT2D eigenvalue weighted by atomic mass is 19.3. The Labute approximate surface area is 104 Å². The SMILES string of the molecule is CC(C)(C)OC(=O)N1CC(=CO)C(O)C(F)(F)C1. The lowest BCUT2D eigenvalue weighted by molar-refractivity contribution is -0.125. The van der Waals surface area contributed by atoms with Crippen LogP contribution in [0.25, 0.3) is 0 Å². The molecule has 0 aromatic carbocycles. The van der Waals surface area contributed by atoms with Crippen molar-refractivity contribution in [3.63, 3.8) is 0 Å². The first-order valence-corrected chi connectivity index (χ1v) is 5.44. The molecule has 18 heavy (non-hydrogen) atoms. The Balaban J connectivity index is 2.83. The van der Waals surface area contributed by atoms with Crippen LogP contribution in [0.5, 0.6) is 0 Å². The summed E-state index contributed by atoms with van der Waals surface area (Å²) < 4.78 is 31.8. The van der Waals surface area contributed by atoms with E-state index in [2.05, 4.69) is 0 Å². The molecule has 104 valence electrons. The van der Waals surface area contributed by atoms with Crippen LogP contribution in [-0.4, -0.2) is 51.9 Å². The van der Waals surface area contributed by atoms with E-state index in [9.17, 15) is 18.7 Å². The maximum atomic E-state index is 13.4. The second kappa shape index (κ2) is 4.72. The molecule has 5 nitrogen and oxygen atoms in total. The van der Waals surface area contributed by atoms with Gasteiger partial charge in [-0.3, -0.25) is 4.90 Å². The molecule has 1 aliphatic rings. The Hall–Kier alpha value is -1.37. The van der Waals surface area contributed by atoms with Crippen molar-refractivity contribution in [2.75, 3.05) is 13.1 Å². The van der Waals surface area contributed by atoms with Crippen LogP contribution in [0, 0.1) is 0 Å². The Kier molecular flexibility index (Phi) is 3.85. The van der Waals surface area contributed by atoms with Gasteiger partial charge >= 0.3 is 6.09 Å². The molecule has 1 heterocycles. The lowest BCUT2D eigenvalue weighted by Gasteiger charge is -2.37. The molecule has 0 bridgehead atoms. The lowest BCUT2D eigenvalue weighted by Crippen LogP contribution is -2.55. The number of aliphatic hydroxyl groups excluding tert-OH is 2. The van der Waals surface area contributed by atoms with Gasteiger partial charge in [0.2, 0.25) is 0 Å². The first kappa shape index (κ1) is 14.7. The Morgan fingerprint density at radius 3 is 2.56 bits per heavy atom. The smallest absolute Gasteiger partial charge is 0.410 e. The quantitative estimate of drug-likeness (QED) is 0.654. The fourth-order valence-electron chi connectivity index (χ4n) is 1.54. The highest BCUT2D eigenvalue weighted by Gasteiger charge is 2.48. The highest BCUT2D eigenvalue weighted by Crippen LogP contribution is 2.31. The van der Waals surface area contributed by atoms with Crippen LogP contribution in [0.1, 0.15) is 20.8 Å². The normalized spacial score (nSPS) is 26.2. The second-order valence-corrected chi connectivity index (χ2v) is 5.20. The van der Waals surface area contributed by atoms with E-state index in [1.807, 2.05) is 0 Å². The first-order chi connectivity index (χ1) is 8.07. The van der Waals surface area contributed by atoms with Gasteiger partial charge in [-0.05, 0) is 20.8 Å². The van der Waals surface area contributed by atoms with Gasteiger partial charge in [0.1, 0.15) is 11.7 Å². The van der Waals surface area contributed by atoms with Crippen LogP contribution in [0.2, 0.25) is 0 Å². The van der Waals surface area contributed by atoms with Crippen molar-refractivity contribution in [2.45, 2.75) is 38.4 Å². The number of nitrogens with zero attached hydrogens (tertiary/aromatic N) is 1. The number of hydrogen-bond acceptors (Lipinski definition) is 4. The number of amides is 1. The van der Waals surface area contributed by atoms with Crippen molar-refractivity contribution < 1.29 is 28.5 Å². The van der Waals surface area contributed by atoms with E-state index in [0.29, 0.717) is 6.26 Å². The van der Waals surface area contributed by atoms with Crippen molar-refractivity contribution in [1.82, 2.24) is 4.90 Å². The molecular weight excluding hydrogens is 248 g/mol. The summed E-state index contributed by atoms with van der Waals surface area (Å²) in [4.78, 5) is 12.4. The second-order valence-electron chi connectivity index (χ2n) is 5.20. The summed E-state index contributed by atoms with van der Waals surface area (Å²) in [5.41, 5.74) is -1.12. The molecule has 0 aliphatic carbocycles. The molecule has 0 aromatic heterocycles. The summed E-state index contributed by atoms with van der Waals surface area (Å²) >= 11 is 0. The number of aliphatic hydroxyl groups is 2. The lowest BCUT2D eigenvalue weighted by atomic mass is 9.99. The van der Waals surface area contributed by atoms with Crippen LogP contribution in [0.15, 0.2) is 11.8 Å². The third-order valence-electron chi connectivity index (χ3n) is 2.34. The van der Waals surface area contributed by atoms with Crippen molar-refractivity contribution in [1.29, 1.82) is 0 Å². The van der Waals surface area contributed by atoms with E-state index < -0.39 is 30.3 Å². The molecule has 1 saturated heterocycles. The van der Waals surface area contributed by atoms with Gasteiger partial charge in [0.15, 0.2) is 0 Å². The fourth-order valence-corrected chi connectivity index (χ4v) is 1.54. The standard InChI is InChI=1S/C11H17F2NO4/c1-10(2,3)18-9(17)14-4-7(5-15)8(16)11(12,13)6-14/h5,8,15-16H,4,6H2,1-3H3. The summed E-state index contributed by atoms with van der Waals surface area (Å²) in [5, 5.41) is 18.1. The number of rotatable bonds is 0. The van der Waals surface area contributed by atoms with Gasteiger partial charge in [0, 0.05) is 5.57 Å². The summed E-state index contributed by atoms with van der Waals surface area (Å²) in [7, 11) is 0. The van der Waals surface area contributed by atoms with Gasteiger partial charge in [-0.15, -0.1) is 0 Å². The van der Waals surface area contributed by atoms with E-state index in [1.165, 1.54) is 0 Å². The van der Waals surface area contributed by atoms with Crippen LogP contribution < -0.4 is 0 Å². The molecule has 1 unspecified atom stereocenters. The molecule has 7 heteroatoms. The molecule has 0 radical (unpaired) electrons. The highest BCUT2D eigenvalue weighted by molar-refractivity contribution is 5.69. The molecule has 1 aliphatic heterocycles. The molecule has 1 rings (SSSR count). The van der Waals surface area contributed by atoms with Gasteiger partial charge in [0.05, 0.1) is 19.4 Å². The third kappa shape index (κ3) is 3.32. The summed E-state index contributed by atoms with van der Waals surface area (Å²) in [6, 6.07) is 0. The number of piperidine rings is 1. The number of halogens is 2. The summed E-state index contributed by atoms with van der Waals surface area (Å²) in [5.74, 6) is -3.51. The topological polar surface area (TPSA) is 70.0 Å². The largest absolute Gasteiger partial charge is 0.515 e. The molecule has 1 amide bonds. The molecule has 1 fully saturated rings. The molecule has 2 N–H and O–H groups in total. The number of carbonyl (C=O) groups excluding carboxylic acids is 1. The molecule has 0 aromatic rings. The third-order valence-corrected chi connectivity index (χ3v) is 2.34. The number of hydrogen-bond donors (Lipinski definition) is 2. The molecule has 0 spiro atoms. The monoisotopic (exact) mass is 265 g/mol. The number of likely N-dealkylation sites (tertiary alicyclic amines) is 1. The molecule has 0 saturated carbocycles. The van der Waals surface area contributed by atoms with E-state index in [1.54, 1.807) is 20.8 Å². The van der Waals surface area contributed by atoms with Crippen molar-refractivity contribution in [3.05, 3.63) is 11.8 Å². The molecule has 1 atom stereocenters. The van der Waals surface area contributed by atoms with Gasteiger partial charge in [-0.25, -0.2) is 13.6 Å². The molecular formula is C11H17F2NO4. The Morgan fingerprint density at radius 2 is 2.11 bits per heavy atom. The van der Waals surface area contributed by atoms with Crippen LogP contribution >= 0.6 is 0 Å². The van der Waals surface area contributed by atoms with E-state index in [-0.39, 0.29) is 12.1 Å². The number of carbonyl (C=O) groups is 1. The zero-order chi connectivity index (χ0) is 14.1. The minimum absolute atomic E-state index is 0.290. The van der Waals surface area contributed by atoms with Gasteiger partial charge in [0.25, 0.3) is 5.92 Å². The van der Waals surface area contributed by atoms with E-state index >= 15 is 0 Å².